The summed E-state index contributed by atoms with van der Waals surface area (Å²) in [5, 5.41) is 0. The van der Waals surface area contributed by atoms with Crippen LogP contribution in [0.3, 0.4) is 0 Å². The maximum absolute atomic E-state index is 3.72. The van der Waals surface area contributed by atoms with Gasteiger partial charge >= 0.3 is 0 Å². The Balaban J connectivity index is 1.97. The Morgan fingerprint density at radius 2 is 1.12 bits per heavy atom. The van der Waals surface area contributed by atoms with Crippen LogP contribution in [0, 0.1) is 13.8 Å². The minimum Gasteiger partial charge on any atom is -0.311 e. The Morgan fingerprint density at radius 3 is 1.54 bits per heavy atom. The van der Waals surface area contributed by atoms with E-state index in [1.165, 1.54) is 28.1 Å². The van der Waals surface area contributed by atoms with Crippen LogP contribution in [0.4, 0.5) is 17.1 Å². The third kappa shape index (κ3) is 4.31. The van der Waals surface area contributed by atoms with Gasteiger partial charge in [-0.3, -0.25) is 0 Å². The molecule has 0 saturated carbocycles. The molecule has 3 aromatic carbocycles. The van der Waals surface area contributed by atoms with E-state index in [4.69, 9.17) is 0 Å². The van der Waals surface area contributed by atoms with E-state index in [2.05, 4.69) is 104 Å². The second kappa shape index (κ2) is 8.35. The average Bonchev–Trinajstić information content (AvgIpc) is 2.66. The summed E-state index contributed by atoms with van der Waals surface area (Å²) in [5.74, 6) is 0. The largest absolute Gasteiger partial charge is 0.311 e. The summed E-state index contributed by atoms with van der Waals surface area (Å²) < 4.78 is 0. The van der Waals surface area contributed by atoms with Crippen molar-refractivity contribution in [2.24, 2.45) is 0 Å². The molecule has 26 heavy (non-hydrogen) atoms. The first-order valence-corrected chi connectivity index (χ1v) is 8.97. The minimum absolute atomic E-state index is 0.918. The molecule has 0 fully saturated rings. The normalized spacial score (nSPS) is 10.8. The molecule has 1 heteroatoms. The summed E-state index contributed by atoms with van der Waals surface area (Å²) in [5.41, 5.74) is 7.32. The molecule has 0 aliphatic heterocycles. The predicted octanol–water partition coefficient (Wildman–Crippen LogP) is 7.06. The van der Waals surface area contributed by atoms with E-state index in [9.17, 15) is 0 Å². The second-order valence-electron chi connectivity index (χ2n) is 6.54. The van der Waals surface area contributed by atoms with Gasteiger partial charge in [-0.15, -0.1) is 0 Å². The van der Waals surface area contributed by atoms with Crippen molar-refractivity contribution in [2.45, 2.75) is 20.3 Å². The van der Waals surface area contributed by atoms with Crippen molar-refractivity contribution in [3.63, 3.8) is 0 Å². The van der Waals surface area contributed by atoms with E-state index < -0.39 is 0 Å². The molecule has 0 bridgehead atoms. The zero-order chi connectivity index (χ0) is 18.4. The number of hydrogen-bond donors (Lipinski definition) is 0. The highest BCUT2D eigenvalue weighted by Crippen LogP contribution is 2.34. The van der Waals surface area contributed by atoms with Crippen LogP contribution in [0.15, 0.2) is 97.6 Å². The predicted molar refractivity (Wildman–Crippen MR) is 114 cm³/mol. The standard InChI is InChI=1S/C25H25N/c1-4-5-6-7-22-12-18-25(19-13-22)26(23-14-8-20(2)9-15-23)24-16-10-21(3)11-17-24/h4-6,8-19H,1,7H2,2-3H3. The van der Waals surface area contributed by atoms with Crippen LogP contribution < -0.4 is 4.90 Å². The lowest BCUT2D eigenvalue weighted by Gasteiger charge is -2.26. The lowest BCUT2D eigenvalue weighted by atomic mass is 10.1. The molecule has 3 aromatic rings. The van der Waals surface area contributed by atoms with E-state index in [0.29, 0.717) is 0 Å². The maximum Gasteiger partial charge on any atom is 0.0461 e. The van der Waals surface area contributed by atoms with Crippen LogP contribution in [0.2, 0.25) is 0 Å². The van der Waals surface area contributed by atoms with E-state index >= 15 is 0 Å². The minimum atomic E-state index is 0.918. The molecular weight excluding hydrogens is 314 g/mol. The molecular formula is C25H25N. The third-order valence-corrected chi connectivity index (χ3v) is 4.40. The van der Waals surface area contributed by atoms with E-state index in [1.807, 2.05) is 12.2 Å². The van der Waals surface area contributed by atoms with Crippen LogP contribution in [-0.4, -0.2) is 0 Å². The molecule has 1 nitrogen and oxygen atoms in total. The van der Waals surface area contributed by atoms with Crippen molar-refractivity contribution in [3.05, 3.63) is 114 Å². The van der Waals surface area contributed by atoms with Crippen molar-refractivity contribution in [3.8, 4) is 0 Å². The molecule has 0 aliphatic rings. The highest BCUT2D eigenvalue weighted by molar-refractivity contribution is 5.76. The molecule has 130 valence electrons. The van der Waals surface area contributed by atoms with Gasteiger partial charge in [0.2, 0.25) is 0 Å². The van der Waals surface area contributed by atoms with Crippen molar-refractivity contribution in [1.29, 1.82) is 0 Å². The van der Waals surface area contributed by atoms with Gasteiger partial charge in [-0.1, -0.05) is 72.3 Å². The highest BCUT2D eigenvalue weighted by Gasteiger charge is 2.12. The van der Waals surface area contributed by atoms with Gasteiger partial charge in [-0.05, 0) is 62.2 Å². The van der Waals surface area contributed by atoms with Gasteiger partial charge < -0.3 is 4.90 Å². The van der Waals surface area contributed by atoms with Crippen molar-refractivity contribution in [1.82, 2.24) is 0 Å². The second-order valence-corrected chi connectivity index (χ2v) is 6.54. The summed E-state index contributed by atoms with van der Waals surface area (Å²) in [7, 11) is 0. The SMILES string of the molecule is C=CC=CCc1ccc(N(c2ccc(C)cc2)c2ccc(C)cc2)cc1. The number of benzene rings is 3. The summed E-state index contributed by atoms with van der Waals surface area (Å²) in [4.78, 5) is 2.29. The van der Waals surface area contributed by atoms with E-state index in [0.717, 1.165) is 12.1 Å². The van der Waals surface area contributed by atoms with Gasteiger partial charge in [-0.25, -0.2) is 0 Å². The Kier molecular flexibility index (Phi) is 5.70. The monoisotopic (exact) mass is 339 g/mol. The number of hydrogen-bond acceptors (Lipinski definition) is 1. The molecule has 0 N–H and O–H groups in total. The fraction of sp³-hybridized carbons (Fsp3) is 0.120. The molecule has 3 rings (SSSR count). The molecule has 0 atom stereocenters. The molecule has 0 aliphatic carbocycles. The van der Waals surface area contributed by atoms with Crippen LogP contribution in [0.5, 0.6) is 0 Å². The smallest absolute Gasteiger partial charge is 0.0461 e. The Bertz CT molecular complexity index is 823. The fourth-order valence-electron chi connectivity index (χ4n) is 2.92. The number of rotatable bonds is 6. The van der Waals surface area contributed by atoms with Crippen molar-refractivity contribution < 1.29 is 0 Å². The van der Waals surface area contributed by atoms with Crippen molar-refractivity contribution in [2.75, 3.05) is 4.90 Å². The molecule has 0 radical (unpaired) electrons. The zero-order valence-corrected chi connectivity index (χ0v) is 15.5. The van der Waals surface area contributed by atoms with Crippen LogP contribution >= 0.6 is 0 Å². The lowest BCUT2D eigenvalue weighted by Crippen LogP contribution is -2.09. The van der Waals surface area contributed by atoms with Crippen LogP contribution in [0.25, 0.3) is 0 Å². The zero-order valence-electron chi connectivity index (χ0n) is 15.5. The summed E-state index contributed by atoms with van der Waals surface area (Å²) in [6.07, 6.45) is 6.84. The van der Waals surface area contributed by atoms with Gasteiger partial charge in [0.1, 0.15) is 0 Å². The van der Waals surface area contributed by atoms with Gasteiger partial charge in [0.05, 0.1) is 0 Å². The van der Waals surface area contributed by atoms with Gasteiger partial charge in [0.25, 0.3) is 0 Å². The summed E-state index contributed by atoms with van der Waals surface area (Å²) in [6.45, 7) is 7.95. The number of nitrogens with zero attached hydrogens (tertiary/aromatic N) is 1. The Labute approximate surface area is 156 Å². The number of anilines is 3. The topological polar surface area (TPSA) is 3.24 Å². The molecule has 0 spiro atoms. The van der Waals surface area contributed by atoms with E-state index in [1.54, 1.807) is 0 Å². The number of allylic oxidation sites excluding steroid dienone is 3. The maximum atomic E-state index is 3.72. The van der Waals surface area contributed by atoms with Gasteiger partial charge in [0.15, 0.2) is 0 Å². The lowest BCUT2D eigenvalue weighted by molar-refractivity contribution is 1.23. The van der Waals surface area contributed by atoms with Gasteiger partial charge in [0, 0.05) is 17.1 Å². The first kappa shape index (κ1) is 17.8. The molecule has 0 saturated heterocycles. The quantitative estimate of drug-likeness (QED) is 0.435. The molecule has 0 amide bonds. The number of aryl methyl sites for hydroxylation is 2. The molecule has 0 aromatic heterocycles. The first-order valence-electron chi connectivity index (χ1n) is 8.97. The third-order valence-electron chi connectivity index (χ3n) is 4.40. The first-order chi connectivity index (χ1) is 12.7. The van der Waals surface area contributed by atoms with Gasteiger partial charge in [-0.2, -0.15) is 0 Å². The summed E-state index contributed by atoms with van der Waals surface area (Å²) >= 11 is 0. The Hall–Kier alpha value is -3.06. The fourth-order valence-corrected chi connectivity index (χ4v) is 2.92. The van der Waals surface area contributed by atoms with Crippen LogP contribution in [-0.2, 0) is 6.42 Å². The van der Waals surface area contributed by atoms with Crippen LogP contribution in [0.1, 0.15) is 16.7 Å². The summed E-state index contributed by atoms with van der Waals surface area (Å²) in [6, 6.07) is 26.1. The average molecular weight is 339 g/mol. The molecule has 0 heterocycles. The molecule has 0 unspecified atom stereocenters. The highest BCUT2D eigenvalue weighted by atomic mass is 15.1. The Morgan fingerprint density at radius 1 is 0.692 bits per heavy atom. The van der Waals surface area contributed by atoms with Crippen molar-refractivity contribution >= 4 is 17.1 Å². The van der Waals surface area contributed by atoms with E-state index in [-0.39, 0.29) is 0 Å².